The number of carbonyl (C=O) groups is 1. The van der Waals surface area contributed by atoms with Crippen LogP contribution in [0, 0.1) is 6.92 Å². The summed E-state index contributed by atoms with van der Waals surface area (Å²) < 4.78 is 5.77. The van der Waals surface area contributed by atoms with Crippen LogP contribution in [0.1, 0.15) is 41.3 Å². The lowest BCUT2D eigenvalue weighted by Gasteiger charge is -2.23. The Hall–Kier alpha value is -3.29. The zero-order chi connectivity index (χ0) is 21.1. The van der Waals surface area contributed by atoms with Crippen LogP contribution in [-0.2, 0) is 11.4 Å². The molecular formula is C21H29N5O3. The molecule has 0 saturated heterocycles. The molecule has 1 aromatic heterocycles. The fourth-order valence-electron chi connectivity index (χ4n) is 2.80. The standard InChI is InChI=1S/C21H29N5O3/c1-3-9-26(15-17-5-7-24-8-6-17)20(27)18-12-16(2)13-19(14-18)28-10-4-11-29-25-21(22)23/h5-8,12-14H,3-4,9-11,15H2,1-2H3,(H4,22,23,25). The smallest absolute Gasteiger partial charge is 0.254 e. The molecule has 29 heavy (non-hydrogen) atoms. The Bertz CT molecular complexity index is 807. The number of carbonyl (C=O) groups excluding carboxylic acids is 1. The molecular weight excluding hydrogens is 370 g/mol. The number of pyridine rings is 1. The number of aromatic nitrogens is 1. The Labute approximate surface area is 171 Å². The number of benzene rings is 1. The highest BCUT2D eigenvalue weighted by Gasteiger charge is 2.17. The molecule has 1 amide bonds. The lowest BCUT2D eigenvalue weighted by molar-refractivity contribution is 0.0742. The number of hydrogen-bond donors (Lipinski definition) is 2. The molecule has 4 N–H and O–H groups in total. The molecule has 8 heteroatoms. The van der Waals surface area contributed by atoms with Crippen LogP contribution in [0.2, 0.25) is 0 Å². The van der Waals surface area contributed by atoms with Gasteiger partial charge in [-0.3, -0.25) is 9.78 Å². The van der Waals surface area contributed by atoms with Crippen molar-refractivity contribution in [1.82, 2.24) is 9.88 Å². The zero-order valence-electron chi connectivity index (χ0n) is 17.0. The summed E-state index contributed by atoms with van der Waals surface area (Å²) in [6.45, 7) is 5.98. The van der Waals surface area contributed by atoms with Gasteiger partial charge in [0.1, 0.15) is 12.4 Å². The third-order valence-electron chi connectivity index (χ3n) is 4.02. The highest BCUT2D eigenvalue weighted by atomic mass is 16.6. The van der Waals surface area contributed by atoms with Gasteiger partial charge >= 0.3 is 0 Å². The molecule has 0 aliphatic carbocycles. The molecule has 1 heterocycles. The van der Waals surface area contributed by atoms with Crippen LogP contribution in [0.5, 0.6) is 5.75 Å². The summed E-state index contributed by atoms with van der Waals surface area (Å²) in [5.74, 6) is 0.514. The van der Waals surface area contributed by atoms with Gasteiger partial charge in [-0.2, -0.15) is 0 Å². The number of amides is 1. The van der Waals surface area contributed by atoms with Gasteiger partial charge in [-0.05, 0) is 60.0 Å². The van der Waals surface area contributed by atoms with Crippen molar-refractivity contribution in [2.45, 2.75) is 33.2 Å². The van der Waals surface area contributed by atoms with Crippen LogP contribution >= 0.6 is 0 Å². The first kappa shape index (κ1) is 22.0. The van der Waals surface area contributed by atoms with Gasteiger partial charge in [-0.25, -0.2) is 0 Å². The van der Waals surface area contributed by atoms with Crippen molar-refractivity contribution in [3.8, 4) is 5.75 Å². The van der Waals surface area contributed by atoms with E-state index in [9.17, 15) is 4.79 Å². The molecule has 0 aliphatic heterocycles. The molecule has 2 rings (SSSR count). The lowest BCUT2D eigenvalue weighted by atomic mass is 10.1. The Kier molecular flexibility index (Phi) is 8.75. The summed E-state index contributed by atoms with van der Waals surface area (Å²) in [4.78, 5) is 23.9. The van der Waals surface area contributed by atoms with Crippen molar-refractivity contribution in [3.05, 3.63) is 59.4 Å². The topological polar surface area (TPSA) is 116 Å². The minimum absolute atomic E-state index is 0.0201. The van der Waals surface area contributed by atoms with E-state index in [-0.39, 0.29) is 11.9 Å². The molecule has 0 saturated carbocycles. The fraction of sp³-hybridized carbons (Fsp3) is 0.381. The second-order valence-corrected chi connectivity index (χ2v) is 6.67. The largest absolute Gasteiger partial charge is 0.493 e. The Morgan fingerprint density at radius 1 is 1.17 bits per heavy atom. The minimum atomic E-state index is -0.115. The monoisotopic (exact) mass is 399 g/mol. The summed E-state index contributed by atoms with van der Waals surface area (Å²) >= 11 is 0. The average Bonchev–Trinajstić information content (AvgIpc) is 2.70. The van der Waals surface area contributed by atoms with Crippen LogP contribution in [-0.4, -0.2) is 41.5 Å². The Morgan fingerprint density at radius 2 is 1.93 bits per heavy atom. The van der Waals surface area contributed by atoms with Crippen LogP contribution < -0.4 is 16.2 Å². The number of ether oxygens (including phenoxy) is 1. The minimum Gasteiger partial charge on any atom is -0.493 e. The third kappa shape index (κ3) is 7.69. The first-order valence-electron chi connectivity index (χ1n) is 9.63. The molecule has 0 bridgehead atoms. The quantitative estimate of drug-likeness (QED) is 0.259. The van der Waals surface area contributed by atoms with Crippen LogP contribution in [0.3, 0.4) is 0 Å². The summed E-state index contributed by atoms with van der Waals surface area (Å²) in [7, 11) is 0. The fourth-order valence-corrected chi connectivity index (χ4v) is 2.80. The summed E-state index contributed by atoms with van der Waals surface area (Å²) in [6, 6.07) is 9.41. The van der Waals surface area contributed by atoms with E-state index in [2.05, 4.69) is 17.1 Å². The number of oxime groups is 1. The molecule has 0 unspecified atom stereocenters. The van der Waals surface area contributed by atoms with Crippen molar-refractivity contribution < 1.29 is 14.4 Å². The van der Waals surface area contributed by atoms with Gasteiger partial charge in [0.05, 0.1) is 6.61 Å². The molecule has 0 spiro atoms. The van der Waals surface area contributed by atoms with Gasteiger partial charge in [-0.15, -0.1) is 0 Å². The van der Waals surface area contributed by atoms with E-state index in [1.807, 2.05) is 36.1 Å². The van der Waals surface area contributed by atoms with Gasteiger partial charge in [0.15, 0.2) is 0 Å². The maximum absolute atomic E-state index is 13.1. The van der Waals surface area contributed by atoms with Gasteiger partial charge in [0.25, 0.3) is 5.91 Å². The maximum Gasteiger partial charge on any atom is 0.254 e. The van der Waals surface area contributed by atoms with Crippen LogP contribution in [0.25, 0.3) is 0 Å². The van der Waals surface area contributed by atoms with E-state index in [1.165, 1.54) is 0 Å². The number of hydrogen-bond acceptors (Lipinski definition) is 5. The number of nitrogens with two attached hydrogens (primary N) is 2. The van der Waals surface area contributed by atoms with Crippen molar-refractivity contribution in [3.63, 3.8) is 0 Å². The first-order valence-corrected chi connectivity index (χ1v) is 9.63. The Morgan fingerprint density at radius 3 is 2.62 bits per heavy atom. The average molecular weight is 399 g/mol. The number of rotatable bonds is 11. The van der Waals surface area contributed by atoms with E-state index in [4.69, 9.17) is 21.0 Å². The number of guanidine groups is 1. The van der Waals surface area contributed by atoms with E-state index >= 15 is 0 Å². The highest BCUT2D eigenvalue weighted by Crippen LogP contribution is 2.20. The molecule has 0 fully saturated rings. The SMILES string of the molecule is CCCN(Cc1ccncc1)C(=O)c1cc(C)cc(OCCCON=C(N)N)c1. The summed E-state index contributed by atoms with van der Waals surface area (Å²) in [5, 5.41) is 3.45. The first-order chi connectivity index (χ1) is 14.0. The lowest BCUT2D eigenvalue weighted by Crippen LogP contribution is -2.31. The molecule has 0 atom stereocenters. The molecule has 0 aliphatic rings. The van der Waals surface area contributed by atoms with Gasteiger partial charge in [0.2, 0.25) is 5.96 Å². The highest BCUT2D eigenvalue weighted by molar-refractivity contribution is 5.94. The van der Waals surface area contributed by atoms with Crippen LogP contribution in [0.15, 0.2) is 47.9 Å². The normalized spacial score (nSPS) is 10.3. The molecule has 156 valence electrons. The number of aryl methyl sites for hydroxylation is 1. The van der Waals surface area contributed by atoms with Crippen LogP contribution in [0.4, 0.5) is 0 Å². The molecule has 8 nitrogen and oxygen atoms in total. The van der Waals surface area contributed by atoms with Crippen molar-refractivity contribution in [1.29, 1.82) is 0 Å². The molecule has 2 aromatic rings. The third-order valence-corrected chi connectivity index (χ3v) is 4.02. The summed E-state index contributed by atoms with van der Waals surface area (Å²) in [6.07, 6.45) is 4.96. The molecule has 1 aromatic carbocycles. The second-order valence-electron chi connectivity index (χ2n) is 6.67. The predicted octanol–water partition coefficient (Wildman–Crippen LogP) is 2.42. The maximum atomic E-state index is 13.1. The van der Waals surface area contributed by atoms with Gasteiger partial charge in [-0.1, -0.05) is 6.92 Å². The van der Waals surface area contributed by atoms with E-state index in [0.717, 1.165) is 17.5 Å². The van der Waals surface area contributed by atoms with Crippen molar-refractivity contribution in [2.75, 3.05) is 19.8 Å². The van der Waals surface area contributed by atoms with E-state index < -0.39 is 0 Å². The second kappa shape index (κ2) is 11.5. The van der Waals surface area contributed by atoms with E-state index in [0.29, 0.717) is 44.0 Å². The summed E-state index contributed by atoms with van der Waals surface area (Å²) in [5.41, 5.74) is 13.0. The zero-order valence-corrected chi connectivity index (χ0v) is 17.0. The molecule has 0 radical (unpaired) electrons. The Balaban J connectivity index is 2.01. The number of nitrogens with zero attached hydrogens (tertiary/aromatic N) is 3. The van der Waals surface area contributed by atoms with Crippen molar-refractivity contribution >= 4 is 11.9 Å². The van der Waals surface area contributed by atoms with Gasteiger partial charge in [0, 0.05) is 37.5 Å². The predicted molar refractivity (Wildman–Crippen MR) is 112 cm³/mol. The van der Waals surface area contributed by atoms with Gasteiger partial charge < -0.3 is 25.9 Å². The van der Waals surface area contributed by atoms with E-state index in [1.54, 1.807) is 18.5 Å². The van der Waals surface area contributed by atoms with Crippen molar-refractivity contribution in [2.24, 2.45) is 16.6 Å².